The van der Waals surface area contributed by atoms with E-state index >= 15 is 0 Å². The lowest BCUT2D eigenvalue weighted by Gasteiger charge is -2.29. The summed E-state index contributed by atoms with van der Waals surface area (Å²) >= 11 is 0. The van der Waals surface area contributed by atoms with Gasteiger partial charge in [-0.05, 0) is 49.2 Å². The van der Waals surface area contributed by atoms with Crippen molar-refractivity contribution in [2.24, 2.45) is 11.5 Å². The molecule has 42 heavy (non-hydrogen) atoms. The second-order valence-corrected chi connectivity index (χ2v) is 10.8. The maximum absolute atomic E-state index is 13.3. The minimum absolute atomic E-state index is 0.139. The first-order valence-corrected chi connectivity index (χ1v) is 13.8. The third-order valence-electron chi connectivity index (χ3n) is 5.57. The number of carbonyl (C=O) groups is 5. The van der Waals surface area contributed by atoms with Crippen LogP contribution < -0.4 is 37.7 Å². The first kappa shape index (κ1) is 33.5. The van der Waals surface area contributed by atoms with Gasteiger partial charge in [-0.25, -0.2) is 9.36 Å². The number of nitrogens with one attached hydrogen (secondary N) is 3. The molecule has 0 aliphatic rings. The third kappa shape index (κ3) is 11.4. The lowest BCUT2D eigenvalue weighted by molar-refractivity contribution is -0.135. The topological polar surface area (TPSA) is 275 Å². The number of rotatable bonds is 14. The van der Waals surface area contributed by atoms with Crippen molar-refractivity contribution in [2.45, 2.75) is 50.9 Å². The number of amides is 5. The van der Waals surface area contributed by atoms with Crippen LogP contribution in [-0.2, 0) is 41.5 Å². The van der Waals surface area contributed by atoms with E-state index in [4.69, 9.17) is 31.7 Å². The van der Waals surface area contributed by atoms with Crippen molar-refractivity contribution >= 4 is 43.2 Å². The van der Waals surface area contributed by atoms with Crippen LogP contribution in [0.3, 0.4) is 0 Å². The van der Waals surface area contributed by atoms with Crippen LogP contribution in [0, 0.1) is 0 Å². The Kier molecular flexibility index (Phi) is 11.4. The molecule has 0 aliphatic carbocycles. The van der Waals surface area contributed by atoms with Crippen molar-refractivity contribution in [1.29, 1.82) is 0 Å². The molecular weight excluding hydrogens is 575 g/mol. The lowest BCUT2D eigenvalue weighted by atomic mass is 10.00. The predicted molar refractivity (Wildman–Crippen MR) is 148 cm³/mol. The zero-order chi connectivity index (χ0) is 31.7. The highest BCUT2D eigenvalue weighted by molar-refractivity contribution is 7.46. The van der Waals surface area contributed by atoms with Gasteiger partial charge in [-0.2, -0.15) is 0 Å². The summed E-state index contributed by atoms with van der Waals surface area (Å²) in [4.78, 5) is 79.6. The van der Waals surface area contributed by atoms with Gasteiger partial charge in [0.1, 0.15) is 30.0 Å². The summed E-state index contributed by atoms with van der Waals surface area (Å²) in [6, 6.07) is 9.16. The van der Waals surface area contributed by atoms with Gasteiger partial charge in [-0.1, -0.05) is 24.3 Å². The number of primary amides is 2. The number of hydrogen-bond donors (Lipinski definition) is 8. The summed E-state index contributed by atoms with van der Waals surface area (Å²) in [6.07, 6.45) is -1.69. The van der Waals surface area contributed by atoms with Crippen molar-refractivity contribution in [2.75, 3.05) is 5.73 Å². The quantitative estimate of drug-likeness (QED) is 0.0982. The molecule has 0 aromatic heterocycles. The second-order valence-electron chi connectivity index (χ2n) is 9.66. The summed E-state index contributed by atoms with van der Waals surface area (Å²) in [5.74, 6) is -3.75. The normalized spacial score (nSPS) is 12.8. The molecular formula is C25H33N6O10P. The predicted octanol–water partition coefficient (Wildman–Crippen LogP) is -0.682. The maximum Gasteiger partial charge on any atom is 0.524 e. The number of nitrogen functional groups attached to an aromatic ring is 1. The van der Waals surface area contributed by atoms with E-state index in [1.807, 2.05) is 0 Å². The Morgan fingerprint density at radius 3 is 2.14 bits per heavy atom. The van der Waals surface area contributed by atoms with E-state index in [2.05, 4.69) is 20.5 Å². The van der Waals surface area contributed by atoms with Crippen LogP contribution in [0.5, 0.6) is 5.75 Å². The third-order valence-corrected chi connectivity index (χ3v) is 6.02. The van der Waals surface area contributed by atoms with Crippen LogP contribution in [0.15, 0.2) is 48.5 Å². The minimum atomic E-state index is -4.80. The van der Waals surface area contributed by atoms with Crippen molar-refractivity contribution in [3.63, 3.8) is 0 Å². The number of benzene rings is 2. The Hall–Kier alpha value is -4.66. The molecule has 0 bridgehead atoms. The van der Waals surface area contributed by atoms with Gasteiger partial charge in [0, 0.05) is 12.1 Å². The van der Waals surface area contributed by atoms with Crippen LogP contribution in [0.4, 0.5) is 10.5 Å². The molecule has 0 heterocycles. The van der Waals surface area contributed by atoms with Gasteiger partial charge in [0.25, 0.3) is 0 Å². The summed E-state index contributed by atoms with van der Waals surface area (Å²) in [7, 11) is -4.80. The molecule has 17 heteroatoms. The number of anilines is 1. The van der Waals surface area contributed by atoms with E-state index in [1.54, 1.807) is 24.3 Å². The zero-order valence-corrected chi connectivity index (χ0v) is 23.6. The number of phosphoric ester groups is 1. The smallest absolute Gasteiger partial charge is 0.445 e. The first-order chi connectivity index (χ1) is 19.4. The van der Waals surface area contributed by atoms with Gasteiger partial charge in [0.05, 0.1) is 6.42 Å². The number of alkyl carbamates (subject to hydrolysis) is 1. The van der Waals surface area contributed by atoms with Crippen molar-refractivity contribution in [3.05, 3.63) is 59.7 Å². The molecule has 228 valence electrons. The molecule has 2 aromatic rings. The van der Waals surface area contributed by atoms with Crippen LogP contribution in [0.2, 0.25) is 0 Å². The Morgan fingerprint density at radius 1 is 0.952 bits per heavy atom. The average molecular weight is 609 g/mol. The molecule has 2 rings (SSSR count). The molecule has 0 saturated heterocycles. The number of carbonyl (C=O) groups excluding carboxylic acids is 5. The maximum atomic E-state index is 13.3. The highest BCUT2D eigenvalue weighted by atomic mass is 31.2. The van der Waals surface area contributed by atoms with E-state index < -0.39 is 61.6 Å². The molecule has 0 aliphatic heterocycles. The van der Waals surface area contributed by atoms with Crippen LogP contribution in [0.1, 0.15) is 31.4 Å². The van der Waals surface area contributed by atoms with Crippen molar-refractivity contribution in [3.8, 4) is 5.75 Å². The minimum Gasteiger partial charge on any atom is -0.445 e. The Labute approximate surface area is 240 Å². The van der Waals surface area contributed by atoms with E-state index in [-0.39, 0.29) is 18.8 Å². The molecule has 2 atom stereocenters. The zero-order valence-electron chi connectivity index (χ0n) is 22.7. The monoisotopic (exact) mass is 608 g/mol. The van der Waals surface area contributed by atoms with E-state index in [0.29, 0.717) is 16.8 Å². The standard InChI is InChI=1S/C25H33N6O10P/c1-25(2,23(35)29-18(21(28)33)12-20(27)32)31-22(34)19(11-14-6-8-17(9-7-14)41-42(37,38)39)30-24(36)40-13-15-4-3-5-16(26)10-15/h3-10,18-19H,11-13,26H2,1-2H3,(H2,27,32)(H2,28,33)(H,29,35)(H,30,36)(H,31,34)(H2,37,38,39)/t18-,19-/m0/s1. The van der Waals surface area contributed by atoms with Gasteiger partial charge >= 0.3 is 13.9 Å². The van der Waals surface area contributed by atoms with Crippen molar-refractivity contribution < 1.29 is 47.6 Å². The van der Waals surface area contributed by atoms with Crippen LogP contribution in [-0.4, -0.2) is 57.1 Å². The highest BCUT2D eigenvalue weighted by Crippen LogP contribution is 2.37. The van der Waals surface area contributed by atoms with Crippen LogP contribution in [0.25, 0.3) is 0 Å². The fourth-order valence-corrected chi connectivity index (χ4v) is 3.90. The van der Waals surface area contributed by atoms with Crippen molar-refractivity contribution in [1.82, 2.24) is 16.0 Å². The molecule has 0 fully saturated rings. The molecule has 0 spiro atoms. The summed E-state index contributed by atoms with van der Waals surface area (Å²) < 4.78 is 20.8. The number of phosphoric acid groups is 1. The highest BCUT2D eigenvalue weighted by Gasteiger charge is 2.35. The fraction of sp³-hybridized carbons (Fsp3) is 0.320. The molecule has 2 aromatic carbocycles. The van der Waals surface area contributed by atoms with Gasteiger partial charge in [0.2, 0.25) is 23.6 Å². The van der Waals surface area contributed by atoms with Gasteiger partial charge in [0.15, 0.2) is 0 Å². The second kappa shape index (κ2) is 14.3. The summed E-state index contributed by atoms with van der Waals surface area (Å²) in [5.41, 5.74) is 15.8. The molecule has 5 amide bonds. The van der Waals surface area contributed by atoms with Gasteiger partial charge < -0.3 is 42.4 Å². The molecule has 0 radical (unpaired) electrons. The number of nitrogens with two attached hydrogens (primary N) is 3. The molecule has 0 unspecified atom stereocenters. The Balaban J connectivity index is 2.20. The first-order valence-electron chi connectivity index (χ1n) is 12.3. The summed E-state index contributed by atoms with van der Waals surface area (Å²) in [5, 5.41) is 7.15. The van der Waals surface area contributed by atoms with Crippen LogP contribution >= 0.6 is 7.82 Å². The van der Waals surface area contributed by atoms with E-state index in [9.17, 15) is 28.5 Å². The summed E-state index contributed by atoms with van der Waals surface area (Å²) in [6.45, 7) is 2.46. The molecule has 16 nitrogen and oxygen atoms in total. The van der Waals surface area contributed by atoms with E-state index in [0.717, 1.165) is 0 Å². The Bertz CT molecular complexity index is 1360. The molecule has 0 saturated carbocycles. The number of ether oxygens (including phenoxy) is 1. The molecule has 11 N–H and O–H groups in total. The lowest BCUT2D eigenvalue weighted by Crippen LogP contribution is -2.62. The van der Waals surface area contributed by atoms with Gasteiger partial charge in [-0.3, -0.25) is 29.0 Å². The van der Waals surface area contributed by atoms with Gasteiger partial charge in [-0.15, -0.1) is 0 Å². The SMILES string of the molecule is CC(C)(NC(=O)[C@H](Cc1ccc(OP(=O)(O)O)cc1)NC(=O)OCc1cccc(N)c1)C(=O)N[C@@H](CC(N)=O)C(N)=O. The fourth-order valence-electron chi connectivity index (χ4n) is 3.50. The Morgan fingerprint density at radius 2 is 1.60 bits per heavy atom. The largest absolute Gasteiger partial charge is 0.524 e. The number of hydrogen-bond acceptors (Lipinski definition) is 9. The average Bonchev–Trinajstić information content (AvgIpc) is 2.86. The van der Waals surface area contributed by atoms with E-state index in [1.165, 1.54) is 38.1 Å².